The molecule has 0 bridgehead atoms. The molecule has 0 saturated carbocycles. The van der Waals surface area contributed by atoms with Gasteiger partial charge in [0.15, 0.2) is 5.58 Å². The Morgan fingerprint density at radius 1 is 1.36 bits per heavy atom. The van der Waals surface area contributed by atoms with E-state index in [2.05, 4.69) is 5.32 Å². The van der Waals surface area contributed by atoms with E-state index in [1.807, 2.05) is 6.92 Å². The van der Waals surface area contributed by atoms with Gasteiger partial charge in [-0.05, 0) is 19.1 Å². The minimum atomic E-state index is -3.57. The van der Waals surface area contributed by atoms with E-state index in [1.54, 1.807) is 13.1 Å². The van der Waals surface area contributed by atoms with Gasteiger partial charge >= 0.3 is 5.76 Å². The molecular formula is C13H18ClN3O4S. The Bertz CT molecular complexity index is 843. The first kappa shape index (κ1) is 17.0. The van der Waals surface area contributed by atoms with E-state index in [9.17, 15) is 13.2 Å². The predicted molar refractivity (Wildman–Crippen MR) is 84.9 cm³/mol. The molecule has 1 atom stereocenters. The van der Waals surface area contributed by atoms with E-state index in [4.69, 9.17) is 4.42 Å². The SMILES string of the molecule is CC1CN(S(=O)(=O)c2ccc3c(c2)oc(=O)n3C)CCN1.Cl. The van der Waals surface area contributed by atoms with Crippen LogP contribution in [0.25, 0.3) is 11.1 Å². The first-order valence-corrected chi connectivity index (χ1v) is 8.17. The van der Waals surface area contributed by atoms with E-state index >= 15 is 0 Å². The van der Waals surface area contributed by atoms with Crippen molar-refractivity contribution in [1.82, 2.24) is 14.2 Å². The molecule has 0 amide bonds. The average Bonchev–Trinajstić information content (AvgIpc) is 2.73. The largest absolute Gasteiger partial charge is 0.419 e. The lowest BCUT2D eigenvalue weighted by atomic mass is 10.3. The Labute approximate surface area is 134 Å². The highest BCUT2D eigenvalue weighted by molar-refractivity contribution is 7.89. The van der Waals surface area contributed by atoms with Gasteiger partial charge in [0.2, 0.25) is 10.0 Å². The first-order chi connectivity index (χ1) is 9.89. The van der Waals surface area contributed by atoms with Crippen LogP contribution in [0.2, 0.25) is 0 Å². The van der Waals surface area contributed by atoms with Crippen molar-refractivity contribution in [3.63, 3.8) is 0 Å². The second kappa shape index (κ2) is 6.04. The summed E-state index contributed by atoms with van der Waals surface area (Å²) in [5.74, 6) is -0.504. The maximum atomic E-state index is 12.6. The zero-order chi connectivity index (χ0) is 15.2. The van der Waals surface area contributed by atoms with Crippen molar-refractivity contribution in [2.24, 2.45) is 7.05 Å². The summed E-state index contributed by atoms with van der Waals surface area (Å²) in [4.78, 5) is 11.6. The standard InChI is InChI=1S/C13H17N3O4S.ClH/c1-9-8-16(6-5-14-9)21(18,19)10-3-4-11-12(7-10)20-13(17)15(11)2;/h3-4,7,9,14H,5-6,8H2,1-2H3;1H. The number of piperazine rings is 1. The van der Waals surface area contributed by atoms with Crippen LogP contribution in [0.3, 0.4) is 0 Å². The third-order valence-electron chi connectivity index (χ3n) is 3.73. The van der Waals surface area contributed by atoms with Crippen LogP contribution in [-0.4, -0.2) is 43.0 Å². The Kier molecular flexibility index (Phi) is 4.67. The molecule has 0 spiro atoms. The molecule has 7 nitrogen and oxygen atoms in total. The number of hydrogen-bond acceptors (Lipinski definition) is 5. The average molecular weight is 348 g/mol. The number of rotatable bonds is 2. The topological polar surface area (TPSA) is 84.6 Å². The van der Waals surface area contributed by atoms with Gasteiger partial charge < -0.3 is 9.73 Å². The van der Waals surface area contributed by atoms with Gasteiger partial charge in [-0.2, -0.15) is 4.31 Å². The summed E-state index contributed by atoms with van der Waals surface area (Å²) in [6.07, 6.45) is 0. The molecule has 1 unspecified atom stereocenters. The van der Waals surface area contributed by atoms with Gasteiger partial charge in [0.1, 0.15) is 0 Å². The van der Waals surface area contributed by atoms with Crippen molar-refractivity contribution in [3.8, 4) is 0 Å². The van der Waals surface area contributed by atoms with Crippen LogP contribution < -0.4 is 11.1 Å². The summed E-state index contributed by atoms with van der Waals surface area (Å²) in [6, 6.07) is 4.64. The lowest BCUT2D eigenvalue weighted by Crippen LogP contribution is -2.51. The van der Waals surface area contributed by atoms with Crippen LogP contribution in [-0.2, 0) is 17.1 Å². The number of hydrogen-bond donors (Lipinski definition) is 1. The quantitative estimate of drug-likeness (QED) is 0.857. The molecule has 1 aromatic carbocycles. The first-order valence-electron chi connectivity index (χ1n) is 6.73. The van der Waals surface area contributed by atoms with E-state index in [0.717, 1.165) is 0 Å². The van der Waals surface area contributed by atoms with Gasteiger partial charge in [0.25, 0.3) is 0 Å². The molecule has 1 N–H and O–H groups in total. The Hall–Kier alpha value is -1.35. The van der Waals surface area contributed by atoms with Gasteiger partial charge in [-0.3, -0.25) is 4.57 Å². The molecule has 1 aliphatic heterocycles. The molecule has 0 radical (unpaired) electrons. The number of oxazole rings is 1. The molecule has 2 aromatic rings. The van der Waals surface area contributed by atoms with Crippen LogP contribution in [0.5, 0.6) is 0 Å². The van der Waals surface area contributed by atoms with Crippen LogP contribution in [0, 0.1) is 0 Å². The summed E-state index contributed by atoms with van der Waals surface area (Å²) < 4.78 is 33.1. The highest BCUT2D eigenvalue weighted by Gasteiger charge is 2.29. The Balaban J connectivity index is 0.00000176. The normalized spacial score (nSPS) is 20.0. The Morgan fingerprint density at radius 2 is 2.09 bits per heavy atom. The van der Waals surface area contributed by atoms with Crippen molar-refractivity contribution in [3.05, 3.63) is 28.7 Å². The molecule has 1 fully saturated rings. The fourth-order valence-corrected chi connectivity index (χ4v) is 4.08. The molecular weight excluding hydrogens is 330 g/mol. The van der Waals surface area contributed by atoms with Gasteiger partial charge in [-0.1, -0.05) is 0 Å². The second-order valence-corrected chi connectivity index (χ2v) is 7.21. The molecule has 1 aromatic heterocycles. The van der Waals surface area contributed by atoms with Crippen LogP contribution in [0.15, 0.2) is 32.3 Å². The fourth-order valence-electron chi connectivity index (χ4n) is 2.54. The zero-order valence-corrected chi connectivity index (χ0v) is 13.9. The van der Waals surface area contributed by atoms with Crippen LogP contribution in [0.1, 0.15) is 6.92 Å². The molecule has 9 heteroatoms. The number of aryl methyl sites for hydroxylation is 1. The fraction of sp³-hybridized carbons (Fsp3) is 0.462. The summed E-state index contributed by atoms with van der Waals surface area (Å²) in [7, 11) is -1.98. The summed E-state index contributed by atoms with van der Waals surface area (Å²) in [5.41, 5.74) is 0.861. The van der Waals surface area contributed by atoms with E-state index in [1.165, 1.54) is 21.0 Å². The maximum absolute atomic E-state index is 12.6. The lowest BCUT2D eigenvalue weighted by Gasteiger charge is -2.30. The van der Waals surface area contributed by atoms with Crippen molar-refractivity contribution in [1.29, 1.82) is 0 Å². The van der Waals surface area contributed by atoms with Gasteiger partial charge in [0, 0.05) is 38.8 Å². The van der Waals surface area contributed by atoms with Gasteiger partial charge in [0.05, 0.1) is 10.4 Å². The minimum absolute atomic E-state index is 0. The van der Waals surface area contributed by atoms with Crippen LogP contribution >= 0.6 is 12.4 Å². The second-order valence-electron chi connectivity index (χ2n) is 5.27. The number of aromatic nitrogens is 1. The minimum Gasteiger partial charge on any atom is -0.408 e. The number of fused-ring (bicyclic) bond motifs is 1. The summed E-state index contributed by atoms with van der Waals surface area (Å²) in [5, 5.41) is 3.21. The van der Waals surface area contributed by atoms with E-state index in [-0.39, 0.29) is 28.9 Å². The van der Waals surface area contributed by atoms with E-state index < -0.39 is 15.8 Å². The molecule has 122 valence electrons. The molecule has 0 aliphatic carbocycles. The smallest absolute Gasteiger partial charge is 0.408 e. The highest BCUT2D eigenvalue weighted by atomic mass is 35.5. The third-order valence-corrected chi connectivity index (χ3v) is 5.59. The molecule has 1 saturated heterocycles. The number of nitrogens with one attached hydrogen (secondary N) is 1. The van der Waals surface area contributed by atoms with Crippen molar-refractivity contribution >= 4 is 33.5 Å². The number of benzene rings is 1. The summed E-state index contributed by atoms with van der Waals surface area (Å²) >= 11 is 0. The van der Waals surface area contributed by atoms with Crippen molar-refractivity contribution in [2.45, 2.75) is 17.9 Å². The van der Waals surface area contributed by atoms with Crippen molar-refractivity contribution < 1.29 is 12.8 Å². The third kappa shape index (κ3) is 2.79. The number of sulfonamides is 1. The molecule has 3 rings (SSSR count). The zero-order valence-electron chi connectivity index (χ0n) is 12.3. The molecule has 22 heavy (non-hydrogen) atoms. The number of halogens is 1. The van der Waals surface area contributed by atoms with Crippen molar-refractivity contribution in [2.75, 3.05) is 19.6 Å². The molecule has 1 aliphatic rings. The van der Waals surface area contributed by atoms with Gasteiger partial charge in [-0.15, -0.1) is 12.4 Å². The Morgan fingerprint density at radius 3 is 2.77 bits per heavy atom. The highest BCUT2D eigenvalue weighted by Crippen LogP contribution is 2.22. The number of nitrogens with zero attached hydrogens (tertiary/aromatic N) is 2. The molecule has 2 heterocycles. The monoisotopic (exact) mass is 347 g/mol. The predicted octanol–water partition coefficient (Wildman–Crippen LogP) is 0.536. The van der Waals surface area contributed by atoms with Gasteiger partial charge in [-0.25, -0.2) is 13.2 Å². The maximum Gasteiger partial charge on any atom is 0.419 e. The summed E-state index contributed by atoms with van der Waals surface area (Å²) in [6.45, 7) is 3.44. The lowest BCUT2D eigenvalue weighted by molar-refractivity contribution is 0.310. The van der Waals surface area contributed by atoms with E-state index in [0.29, 0.717) is 25.2 Å². The van der Waals surface area contributed by atoms with Crippen LogP contribution in [0.4, 0.5) is 0 Å².